The highest BCUT2D eigenvalue weighted by Gasteiger charge is 2.21. The summed E-state index contributed by atoms with van der Waals surface area (Å²) in [5, 5.41) is 12.2. The van der Waals surface area contributed by atoms with Gasteiger partial charge in [-0.25, -0.2) is 4.79 Å². The Morgan fingerprint density at radius 3 is 2.48 bits per heavy atom. The first-order valence-electron chi connectivity index (χ1n) is 8.95. The molecule has 2 N–H and O–H groups in total. The standard InChI is InChI=1S/C21H26N2O2/c1-16-4-2-6-19(12-16)20-7-3-5-18(13-20)14-22-21(25)23-10-8-17(15-24)9-11-23/h2-7,12-13,17,24H,8-11,14-15H2,1H3,(H,22,25). The van der Waals surface area contributed by atoms with E-state index in [0.29, 0.717) is 12.5 Å². The summed E-state index contributed by atoms with van der Waals surface area (Å²) in [5.74, 6) is 0.343. The average Bonchev–Trinajstić information content (AvgIpc) is 2.66. The van der Waals surface area contributed by atoms with Gasteiger partial charge in [-0.3, -0.25) is 0 Å². The molecule has 0 aliphatic carbocycles. The van der Waals surface area contributed by atoms with Crippen molar-refractivity contribution in [1.82, 2.24) is 10.2 Å². The normalized spacial score (nSPS) is 15.2. The molecule has 2 aromatic carbocycles. The van der Waals surface area contributed by atoms with Crippen molar-refractivity contribution in [3.63, 3.8) is 0 Å². The molecular formula is C21H26N2O2. The quantitative estimate of drug-likeness (QED) is 0.895. The number of carbonyl (C=O) groups is 1. The predicted octanol–water partition coefficient (Wildman–Crippen LogP) is 3.58. The Morgan fingerprint density at radius 1 is 1.12 bits per heavy atom. The second kappa shape index (κ2) is 8.17. The summed E-state index contributed by atoms with van der Waals surface area (Å²) < 4.78 is 0. The number of amides is 2. The minimum Gasteiger partial charge on any atom is -0.396 e. The van der Waals surface area contributed by atoms with Crippen LogP contribution in [0.2, 0.25) is 0 Å². The molecule has 0 radical (unpaired) electrons. The summed E-state index contributed by atoms with van der Waals surface area (Å²) >= 11 is 0. The van der Waals surface area contributed by atoms with E-state index in [0.717, 1.165) is 31.5 Å². The number of benzene rings is 2. The van der Waals surface area contributed by atoms with E-state index in [1.165, 1.54) is 16.7 Å². The highest BCUT2D eigenvalue weighted by Crippen LogP contribution is 2.21. The molecule has 0 aromatic heterocycles. The minimum atomic E-state index is -0.0163. The lowest BCUT2D eigenvalue weighted by molar-refractivity contribution is 0.137. The summed E-state index contributed by atoms with van der Waals surface area (Å²) in [6.45, 7) is 4.29. The highest BCUT2D eigenvalue weighted by molar-refractivity contribution is 5.74. The Labute approximate surface area is 149 Å². The third kappa shape index (κ3) is 4.60. The molecule has 25 heavy (non-hydrogen) atoms. The highest BCUT2D eigenvalue weighted by atomic mass is 16.3. The molecule has 2 amide bonds. The molecule has 1 fully saturated rings. The molecule has 1 aliphatic rings. The number of likely N-dealkylation sites (tertiary alicyclic amines) is 1. The molecule has 3 rings (SSSR count). The topological polar surface area (TPSA) is 52.6 Å². The lowest BCUT2D eigenvalue weighted by Gasteiger charge is -2.31. The Morgan fingerprint density at radius 2 is 1.80 bits per heavy atom. The van der Waals surface area contributed by atoms with E-state index in [1.54, 1.807) is 0 Å². The van der Waals surface area contributed by atoms with Crippen LogP contribution in [0.4, 0.5) is 4.79 Å². The summed E-state index contributed by atoms with van der Waals surface area (Å²) in [6.07, 6.45) is 1.76. The lowest BCUT2D eigenvalue weighted by Crippen LogP contribution is -2.44. The van der Waals surface area contributed by atoms with E-state index in [4.69, 9.17) is 0 Å². The van der Waals surface area contributed by atoms with Crippen LogP contribution in [0.5, 0.6) is 0 Å². The van der Waals surface area contributed by atoms with Crippen LogP contribution < -0.4 is 5.32 Å². The Balaban J connectivity index is 1.58. The number of nitrogens with zero attached hydrogens (tertiary/aromatic N) is 1. The summed E-state index contributed by atoms with van der Waals surface area (Å²) in [6, 6.07) is 16.7. The van der Waals surface area contributed by atoms with Crippen molar-refractivity contribution >= 4 is 6.03 Å². The molecule has 1 heterocycles. The molecule has 1 saturated heterocycles. The Bertz CT molecular complexity index is 721. The fourth-order valence-corrected chi connectivity index (χ4v) is 3.29. The van der Waals surface area contributed by atoms with E-state index in [-0.39, 0.29) is 12.6 Å². The van der Waals surface area contributed by atoms with Crippen LogP contribution in [-0.4, -0.2) is 35.7 Å². The van der Waals surface area contributed by atoms with Crippen LogP contribution in [0.3, 0.4) is 0 Å². The zero-order chi connectivity index (χ0) is 17.6. The Hall–Kier alpha value is -2.33. The van der Waals surface area contributed by atoms with Crippen molar-refractivity contribution < 1.29 is 9.90 Å². The van der Waals surface area contributed by atoms with Gasteiger partial charge >= 0.3 is 6.03 Å². The maximum Gasteiger partial charge on any atom is 0.317 e. The largest absolute Gasteiger partial charge is 0.396 e. The number of nitrogens with one attached hydrogen (secondary N) is 1. The van der Waals surface area contributed by atoms with E-state index in [1.807, 2.05) is 17.0 Å². The van der Waals surface area contributed by atoms with Crippen LogP contribution >= 0.6 is 0 Å². The van der Waals surface area contributed by atoms with Crippen molar-refractivity contribution in [2.24, 2.45) is 5.92 Å². The molecule has 0 spiro atoms. The van der Waals surface area contributed by atoms with Gasteiger partial charge in [-0.15, -0.1) is 0 Å². The zero-order valence-corrected chi connectivity index (χ0v) is 14.7. The monoisotopic (exact) mass is 338 g/mol. The zero-order valence-electron chi connectivity index (χ0n) is 14.7. The third-order valence-corrected chi connectivity index (χ3v) is 4.88. The number of aliphatic hydroxyl groups excluding tert-OH is 1. The second-order valence-corrected chi connectivity index (χ2v) is 6.84. The predicted molar refractivity (Wildman–Crippen MR) is 100 cm³/mol. The number of rotatable bonds is 4. The number of hydrogen-bond acceptors (Lipinski definition) is 2. The van der Waals surface area contributed by atoms with Gasteiger partial charge in [0, 0.05) is 26.2 Å². The van der Waals surface area contributed by atoms with Gasteiger partial charge < -0.3 is 15.3 Å². The fourth-order valence-electron chi connectivity index (χ4n) is 3.29. The van der Waals surface area contributed by atoms with Crippen LogP contribution in [0.25, 0.3) is 11.1 Å². The first-order valence-corrected chi connectivity index (χ1v) is 8.95. The molecule has 1 aliphatic heterocycles. The molecule has 2 aromatic rings. The van der Waals surface area contributed by atoms with Crippen molar-refractivity contribution in [3.8, 4) is 11.1 Å². The van der Waals surface area contributed by atoms with Crippen molar-refractivity contribution in [1.29, 1.82) is 0 Å². The third-order valence-electron chi connectivity index (χ3n) is 4.88. The summed E-state index contributed by atoms with van der Waals surface area (Å²) in [7, 11) is 0. The average molecular weight is 338 g/mol. The lowest BCUT2D eigenvalue weighted by atomic mass is 9.98. The first-order chi connectivity index (χ1) is 12.2. The van der Waals surface area contributed by atoms with Gasteiger partial charge in [0.2, 0.25) is 0 Å². The number of carbonyl (C=O) groups excluding carboxylic acids is 1. The molecule has 0 atom stereocenters. The molecule has 4 heteroatoms. The van der Waals surface area contributed by atoms with E-state index < -0.39 is 0 Å². The molecule has 0 bridgehead atoms. The number of urea groups is 1. The number of aliphatic hydroxyl groups is 1. The molecule has 4 nitrogen and oxygen atoms in total. The van der Waals surface area contributed by atoms with Crippen molar-refractivity contribution in [3.05, 3.63) is 59.7 Å². The van der Waals surface area contributed by atoms with Gasteiger partial charge in [0.15, 0.2) is 0 Å². The first kappa shape index (κ1) is 17.5. The van der Waals surface area contributed by atoms with Gasteiger partial charge in [0.05, 0.1) is 0 Å². The summed E-state index contributed by atoms with van der Waals surface area (Å²) in [4.78, 5) is 14.2. The van der Waals surface area contributed by atoms with Crippen molar-refractivity contribution in [2.75, 3.05) is 19.7 Å². The van der Waals surface area contributed by atoms with Gasteiger partial charge in [-0.2, -0.15) is 0 Å². The van der Waals surface area contributed by atoms with Gasteiger partial charge in [0.25, 0.3) is 0 Å². The van der Waals surface area contributed by atoms with E-state index >= 15 is 0 Å². The number of piperidine rings is 1. The second-order valence-electron chi connectivity index (χ2n) is 6.84. The molecule has 0 saturated carbocycles. The van der Waals surface area contributed by atoms with E-state index in [9.17, 15) is 9.90 Å². The van der Waals surface area contributed by atoms with Gasteiger partial charge in [-0.05, 0) is 48.4 Å². The number of hydrogen-bond donors (Lipinski definition) is 2. The van der Waals surface area contributed by atoms with Gasteiger partial charge in [-0.1, -0.05) is 48.0 Å². The maximum atomic E-state index is 12.3. The maximum absolute atomic E-state index is 12.3. The van der Waals surface area contributed by atoms with Crippen molar-refractivity contribution in [2.45, 2.75) is 26.3 Å². The van der Waals surface area contributed by atoms with Crippen LogP contribution in [-0.2, 0) is 6.54 Å². The minimum absolute atomic E-state index is 0.0163. The number of aryl methyl sites for hydroxylation is 1. The van der Waals surface area contributed by atoms with Crippen LogP contribution in [0.15, 0.2) is 48.5 Å². The smallest absolute Gasteiger partial charge is 0.317 e. The van der Waals surface area contributed by atoms with E-state index in [2.05, 4.69) is 48.6 Å². The van der Waals surface area contributed by atoms with Crippen LogP contribution in [0.1, 0.15) is 24.0 Å². The molecule has 0 unspecified atom stereocenters. The Kier molecular flexibility index (Phi) is 5.71. The SMILES string of the molecule is Cc1cccc(-c2cccc(CNC(=O)N3CCC(CO)CC3)c2)c1. The van der Waals surface area contributed by atoms with Crippen LogP contribution in [0, 0.1) is 12.8 Å². The molecule has 132 valence electrons. The molecular weight excluding hydrogens is 312 g/mol. The fraction of sp³-hybridized carbons (Fsp3) is 0.381. The van der Waals surface area contributed by atoms with Gasteiger partial charge in [0.1, 0.15) is 0 Å². The summed E-state index contributed by atoms with van der Waals surface area (Å²) in [5.41, 5.74) is 4.69.